The van der Waals surface area contributed by atoms with E-state index in [0.717, 1.165) is 13.1 Å². The van der Waals surface area contributed by atoms with E-state index in [1.807, 2.05) is 41.8 Å². The Morgan fingerprint density at radius 1 is 1.29 bits per heavy atom. The SMILES string of the molecule is CC.CC(C)CC(=O)NCCN(C)C. The van der Waals surface area contributed by atoms with E-state index in [0.29, 0.717) is 12.3 Å². The Labute approximate surface area is 88.9 Å². The number of amides is 1. The third-order valence-electron chi connectivity index (χ3n) is 1.47. The van der Waals surface area contributed by atoms with Crippen LogP contribution in [0, 0.1) is 5.92 Å². The van der Waals surface area contributed by atoms with E-state index in [1.54, 1.807) is 0 Å². The topological polar surface area (TPSA) is 32.3 Å². The van der Waals surface area contributed by atoms with Gasteiger partial charge in [-0.25, -0.2) is 0 Å². The van der Waals surface area contributed by atoms with Gasteiger partial charge in [-0.3, -0.25) is 4.79 Å². The Balaban J connectivity index is 0. The number of hydrogen-bond acceptors (Lipinski definition) is 2. The van der Waals surface area contributed by atoms with Gasteiger partial charge in [-0.15, -0.1) is 0 Å². The average molecular weight is 202 g/mol. The Hall–Kier alpha value is -0.570. The molecule has 0 radical (unpaired) electrons. The van der Waals surface area contributed by atoms with Gasteiger partial charge in [-0.05, 0) is 20.0 Å². The first-order chi connectivity index (χ1) is 6.52. The number of rotatable bonds is 5. The highest BCUT2D eigenvalue weighted by Gasteiger charge is 2.02. The third-order valence-corrected chi connectivity index (χ3v) is 1.47. The van der Waals surface area contributed by atoms with Gasteiger partial charge in [0, 0.05) is 19.5 Å². The second-order valence-electron chi connectivity index (χ2n) is 3.75. The summed E-state index contributed by atoms with van der Waals surface area (Å²) in [6.45, 7) is 9.75. The van der Waals surface area contributed by atoms with Gasteiger partial charge in [0.15, 0.2) is 0 Å². The molecule has 1 amide bonds. The van der Waals surface area contributed by atoms with E-state index in [-0.39, 0.29) is 5.91 Å². The van der Waals surface area contributed by atoms with Gasteiger partial charge >= 0.3 is 0 Å². The lowest BCUT2D eigenvalue weighted by Crippen LogP contribution is -2.31. The highest BCUT2D eigenvalue weighted by molar-refractivity contribution is 5.75. The van der Waals surface area contributed by atoms with Gasteiger partial charge < -0.3 is 10.2 Å². The summed E-state index contributed by atoms with van der Waals surface area (Å²) >= 11 is 0. The minimum absolute atomic E-state index is 0.159. The molecule has 0 aliphatic rings. The lowest BCUT2D eigenvalue weighted by Gasteiger charge is -2.10. The van der Waals surface area contributed by atoms with Crippen molar-refractivity contribution < 1.29 is 4.79 Å². The van der Waals surface area contributed by atoms with Crippen molar-refractivity contribution in [2.75, 3.05) is 27.2 Å². The maximum Gasteiger partial charge on any atom is 0.220 e. The Bertz CT molecular complexity index is 133. The maximum absolute atomic E-state index is 11.1. The lowest BCUT2D eigenvalue weighted by molar-refractivity contribution is -0.121. The Morgan fingerprint density at radius 3 is 2.14 bits per heavy atom. The third kappa shape index (κ3) is 14.0. The summed E-state index contributed by atoms with van der Waals surface area (Å²) in [6, 6.07) is 0. The van der Waals surface area contributed by atoms with Crippen molar-refractivity contribution in [1.29, 1.82) is 0 Å². The summed E-state index contributed by atoms with van der Waals surface area (Å²) in [7, 11) is 3.99. The summed E-state index contributed by atoms with van der Waals surface area (Å²) in [5.74, 6) is 0.608. The Morgan fingerprint density at radius 2 is 1.79 bits per heavy atom. The molecule has 86 valence electrons. The molecule has 0 aromatic heterocycles. The smallest absolute Gasteiger partial charge is 0.220 e. The molecule has 3 heteroatoms. The molecule has 0 aromatic carbocycles. The van der Waals surface area contributed by atoms with Crippen molar-refractivity contribution in [3.8, 4) is 0 Å². The van der Waals surface area contributed by atoms with E-state index >= 15 is 0 Å². The van der Waals surface area contributed by atoms with Crippen LogP contribution in [0.1, 0.15) is 34.1 Å². The average Bonchev–Trinajstić information content (AvgIpc) is 2.05. The van der Waals surface area contributed by atoms with Crippen LogP contribution in [-0.4, -0.2) is 38.0 Å². The van der Waals surface area contributed by atoms with Gasteiger partial charge in [-0.2, -0.15) is 0 Å². The van der Waals surface area contributed by atoms with E-state index in [2.05, 4.69) is 10.2 Å². The van der Waals surface area contributed by atoms with Crippen molar-refractivity contribution in [1.82, 2.24) is 10.2 Å². The van der Waals surface area contributed by atoms with E-state index < -0.39 is 0 Å². The molecule has 3 nitrogen and oxygen atoms in total. The van der Waals surface area contributed by atoms with E-state index in [4.69, 9.17) is 0 Å². The van der Waals surface area contributed by atoms with Gasteiger partial charge in [0.25, 0.3) is 0 Å². The Kier molecular flexibility index (Phi) is 11.9. The molecule has 0 fully saturated rings. The summed E-state index contributed by atoms with van der Waals surface area (Å²) < 4.78 is 0. The fourth-order valence-electron chi connectivity index (χ4n) is 0.862. The molecule has 0 aliphatic heterocycles. The van der Waals surface area contributed by atoms with Crippen LogP contribution in [0.3, 0.4) is 0 Å². The highest BCUT2D eigenvalue weighted by Crippen LogP contribution is 1.97. The van der Waals surface area contributed by atoms with Crippen LogP contribution in [0.25, 0.3) is 0 Å². The first kappa shape index (κ1) is 15.9. The molecule has 1 N–H and O–H groups in total. The second kappa shape index (κ2) is 10.5. The summed E-state index contributed by atoms with van der Waals surface area (Å²) in [4.78, 5) is 13.2. The largest absolute Gasteiger partial charge is 0.355 e. The van der Waals surface area contributed by atoms with Crippen LogP contribution < -0.4 is 5.32 Å². The molecular formula is C11H26N2O. The van der Waals surface area contributed by atoms with E-state index in [1.165, 1.54) is 0 Å². The van der Waals surface area contributed by atoms with Crippen LogP contribution in [0.15, 0.2) is 0 Å². The lowest BCUT2D eigenvalue weighted by atomic mass is 10.1. The molecule has 0 saturated heterocycles. The molecule has 0 unspecified atom stereocenters. The van der Waals surface area contributed by atoms with Crippen molar-refractivity contribution >= 4 is 5.91 Å². The second-order valence-corrected chi connectivity index (χ2v) is 3.75. The normalized spacial score (nSPS) is 9.71. The number of nitrogens with one attached hydrogen (secondary N) is 1. The maximum atomic E-state index is 11.1. The number of carbonyl (C=O) groups excluding carboxylic acids is 1. The monoisotopic (exact) mass is 202 g/mol. The molecule has 0 heterocycles. The van der Waals surface area contributed by atoms with Gasteiger partial charge in [-0.1, -0.05) is 27.7 Å². The van der Waals surface area contributed by atoms with Crippen LogP contribution in [0.2, 0.25) is 0 Å². The quantitative estimate of drug-likeness (QED) is 0.736. The summed E-state index contributed by atoms with van der Waals surface area (Å²) in [5.41, 5.74) is 0. The zero-order valence-corrected chi connectivity index (χ0v) is 10.6. The zero-order valence-electron chi connectivity index (χ0n) is 10.6. The minimum Gasteiger partial charge on any atom is -0.355 e. The number of carbonyl (C=O) groups is 1. The molecule has 0 spiro atoms. The zero-order chi connectivity index (χ0) is 11.6. The number of nitrogens with zero attached hydrogens (tertiary/aromatic N) is 1. The van der Waals surface area contributed by atoms with Crippen molar-refractivity contribution in [3.63, 3.8) is 0 Å². The predicted molar refractivity (Wildman–Crippen MR) is 62.4 cm³/mol. The minimum atomic E-state index is 0.159. The van der Waals surface area contributed by atoms with Gasteiger partial charge in [0.2, 0.25) is 5.91 Å². The standard InChI is InChI=1S/C9H20N2O.C2H6/c1-8(2)7-9(12)10-5-6-11(3)4;1-2/h8H,5-7H2,1-4H3,(H,10,12);1-2H3. The molecule has 0 aliphatic carbocycles. The van der Waals surface area contributed by atoms with Crippen molar-refractivity contribution in [2.45, 2.75) is 34.1 Å². The van der Waals surface area contributed by atoms with Gasteiger partial charge in [0.05, 0.1) is 0 Å². The highest BCUT2D eigenvalue weighted by atomic mass is 16.1. The first-order valence-electron chi connectivity index (χ1n) is 5.43. The molecule has 0 saturated carbocycles. The molecular weight excluding hydrogens is 176 g/mol. The number of likely N-dealkylation sites (N-methyl/N-ethyl adjacent to an activating group) is 1. The molecule has 0 atom stereocenters. The van der Waals surface area contributed by atoms with Crippen molar-refractivity contribution in [3.05, 3.63) is 0 Å². The van der Waals surface area contributed by atoms with Crippen LogP contribution in [-0.2, 0) is 4.79 Å². The number of hydrogen-bond donors (Lipinski definition) is 1. The predicted octanol–water partition coefficient (Wildman–Crippen LogP) is 1.74. The fourth-order valence-corrected chi connectivity index (χ4v) is 0.862. The molecule has 0 aromatic rings. The molecule has 14 heavy (non-hydrogen) atoms. The van der Waals surface area contributed by atoms with Crippen molar-refractivity contribution in [2.24, 2.45) is 5.92 Å². The van der Waals surface area contributed by atoms with E-state index in [9.17, 15) is 4.79 Å². The van der Waals surface area contributed by atoms with Crippen LogP contribution >= 0.6 is 0 Å². The summed E-state index contributed by atoms with van der Waals surface area (Å²) in [5, 5.41) is 2.86. The fraction of sp³-hybridized carbons (Fsp3) is 0.909. The molecule has 0 rings (SSSR count). The summed E-state index contributed by atoms with van der Waals surface area (Å²) in [6.07, 6.45) is 0.632. The van der Waals surface area contributed by atoms with Crippen LogP contribution in [0.5, 0.6) is 0 Å². The van der Waals surface area contributed by atoms with Gasteiger partial charge in [0.1, 0.15) is 0 Å². The first-order valence-corrected chi connectivity index (χ1v) is 5.43. The molecule has 0 bridgehead atoms. The van der Waals surface area contributed by atoms with Crippen LogP contribution in [0.4, 0.5) is 0 Å².